The number of hydrazine groups is 1. The van der Waals surface area contributed by atoms with E-state index in [-0.39, 0.29) is 0 Å². The fourth-order valence-corrected chi connectivity index (χ4v) is 1.60. The van der Waals surface area contributed by atoms with Crippen molar-refractivity contribution in [2.45, 2.75) is 0 Å². The van der Waals surface area contributed by atoms with Crippen molar-refractivity contribution in [2.24, 2.45) is 0 Å². The van der Waals surface area contributed by atoms with Gasteiger partial charge in [0.25, 0.3) is 11.8 Å². The van der Waals surface area contributed by atoms with Crippen molar-refractivity contribution in [3.8, 4) is 0 Å². The molecule has 0 spiro atoms. The first-order valence-electron chi connectivity index (χ1n) is 6.25. The molecule has 0 saturated carbocycles. The summed E-state index contributed by atoms with van der Waals surface area (Å²) in [6.07, 6.45) is 2.48. The Morgan fingerprint density at radius 2 is 1.57 bits per heavy atom. The normalized spacial score (nSPS) is 10.3. The molecule has 0 aromatic heterocycles. The van der Waals surface area contributed by atoms with Crippen LogP contribution in [0.5, 0.6) is 0 Å². The van der Waals surface area contributed by atoms with Gasteiger partial charge in [-0.1, -0.05) is 36.4 Å². The summed E-state index contributed by atoms with van der Waals surface area (Å²) in [5.74, 6) is -1.40. The molecule has 0 atom stereocenters. The van der Waals surface area contributed by atoms with Crippen molar-refractivity contribution in [1.29, 1.82) is 0 Å². The lowest BCUT2D eigenvalue weighted by atomic mass is 10.2. The van der Waals surface area contributed by atoms with E-state index in [9.17, 15) is 14.0 Å². The maximum atomic E-state index is 13.3. The van der Waals surface area contributed by atoms with Crippen molar-refractivity contribution >= 4 is 17.9 Å². The standard InChI is InChI=1S/C16H13FN2O2/c17-14-9-5-4-6-12(14)10-11-15(20)18-19-16(21)13-7-2-1-3-8-13/h1-11H,(H,18,20)(H,19,21)/b11-10+. The predicted molar refractivity (Wildman–Crippen MR) is 77.5 cm³/mol. The molecule has 0 aliphatic heterocycles. The molecule has 0 aliphatic rings. The summed E-state index contributed by atoms with van der Waals surface area (Å²) in [4.78, 5) is 23.2. The number of benzene rings is 2. The third kappa shape index (κ3) is 4.28. The second kappa shape index (κ2) is 7.00. The highest BCUT2D eigenvalue weighted by Gasteiger charge is 2.04. The van der Waals surface area contributed by atoms with Gasteiger partial charge in [-0.15, -0.1) is 0 Å². The van der Waals surface area contributed by atoms with Gasteiger partial charge in [-0.3, -0.25) is 20.4 Å². The van der Waals surface area contributed by atoms with E-state index < -0.39 is 17.6 Å². The highest BCUT2D eigenvalue weighted by atomic mass is 19.1. The Morgan fingerprint density at radius 3 is 2.29 bits per heavy atom. The van der Waals surface area contributed by atoms with E-state index in [4.69, 9.17) is 0 Å². The SMILES string of the molecule is O=C(/C=C/c1ccccc1F)NNC(=O)c1ccccc1. The fraction of sp³-hybridized carbons (Fsp3) is 0. The van der Waals surface area contributed by atoms with E-state index in [2.05, 4.69) is 10.9 Å². The zero-order valence-corrected chi connectivity index (χ0v) is 11.0. The molecule has 4 nitrogen and oxygen atoms in total. The van der Waals surface area contributed by atoms with Gasteiger partial charge in [0, 0.05) is 17.2 Å². The van der Waals surface area contributed by atoms with Gasteiger partial charge in [-0.25, -0.2) is 4.39 Å². The van der Waals surface area contributed by atoms with E-state index in [1.807, 2.05) is 0 Å². The third-order valence-electron chi connectivity index (χ3n) is 2.65. The lowest BCUT2D eigenvalue weighted by Gasteiger charge is -2.04. The van der Waals surface area contributed by atoms with Crippen LogP contribution in [0.2, 0.25) is 0 Å². The van der Waals surface area contributed by atoms with Crippen molar-refractivity contribution in [1.82, 2.24) is 10.9 Å². The number of hydrogen-bond donors (Lipinski definition) is 2. The summed E-state index contributed by atoms with van der Waals surface area (Å²) >= 11 is 0. The average Bonchev–Trinajstić information content (AvgIpc) is 2.52. The lowest BCUT2D eigenvalue weighted by molar-refractivity contribution is -0.117. The number of carbonyl (C=O) groups excluding carboxylic acids is 2. The predicted octanol–water partition coefficient (Wildman–Crippen LogP) is 2.30. The highest BCUT2D eigenvalue weighted by Crippen LogP contribution is 2.07. The van der Waals surface area contributed by atoms with Gasteiger partial charge in [-0.2, -0.15) is 0 Å². The molecule has 21 heavy (non-hydrogen) atoms. The molecule has 2 amide bonds. The molecule has 2 N–H and O–H groups in total. The molecule has 2 aromatic rings. The van der Waals surface area contributed by atoms with Gasteiger partial charge in [0.2, 0.25) is 0 Å². The Morgan fingerprint density at radius 1 is 0.905 bits per heavy atom. The molecular weight excluding hydrogens is 271 g/mol. The minimum Gasteiger partial charge on any atom is -0.268 e. The van der Waals surface area contributed by atoms with E-state index in [0.29, 0.717) is 11.1 Å². The molecule has 0 fully saturated rings. The Balaban J connectivity index is 1.88. The molecule has 0 heterocycles. The molecule has 5 heteroatoms. The number of amides is 2. The van der Waals surface area contributed by atoms with Crippen LogP contribution >= 0.6 is 0 Å². The average molecular weight is 284 g/mol. The Labute approximate surface area is 121 Å². The van der Waals surface area contributed by atoms with Crippen LogP contribution in [0.4, 0.5) is 4.39 Å². The fourth-order valence-electron chi connectivity index (χ4n) is 1.60. The number of hydrogen-bond acceptors (Lipinski definition) is 2. The van der Waals surface area contributed by atoms with Crippen molar-refractivity contribution in [2.75, 3.05) is 0 Å². The quantitative estimate of drug-likeness (QED) is 0.671. The van der Waals surface area contributed by atoms with Crippen LogP contribution < -0.4 is 10.9 Å². The smallest absolute Gasteiger partial charge is 0.268 e. The second-order valence-corrected chi connectivity index (χ2v) is 4.16. The summed E-state index contributed by atoms with van der Waals surface area (Å²) < 4.78 is 13.3. The maximum absolute atomic E-state index is 13.3. The number of carbonyl (C=O) groups is 2. The van der Waals surface area contributed by atoms with Crippen LogP contribution in [-0.2, 0) is 4.79 Å². The molecule has 106 valence electrons. The van der Waals surface area contributed by atoms with Gasteiger partial charge in [-0.05, 0) is 24.3 Å². The van der Waals surface area contributed by atoms with E-state index in [1.165, 1.54) is 12.1 Å². The van der Waals surface area contributed by atoms with Gasteiger partial charge in [0.05, 0.1) is 0 Å². The number of rotatable bonds is 3. The molecule has 0 bridgehead atoms. The lowest BCUT2D eigenvalue weighted by Crippen LogP contribution is -2.40. The van der Waals surface area contributed by atoms with E-state index >= 15 is 0 Å². The third-order valence-corrected chi connectivity index (χ3v) is 2.65. The summed E-state index contributed by atoms with van der Waals surface area (Å²) in [5.41, 5.74) is 5.21. The Kier molecular flexibility index (Phi) is 4.82. The van der Waals surface area contributed by atoms with Gasteiger partial charge < -0.3 is 0 Å². The summed E-state index contributed by atoms with van der Waals surface area (Å²) in [7, 11) is 0. The molecule has 0 saturated heterocycles. The van der Waals surface area contributed by atoms with E-state index in [1.54, 1.807) is 48.5 Å². The summed E-state index contributed by atoms with van der Waals surface area (Å²) in [6, 6.07) is 14.5. The summed E-state index contributed by atoms with van der Waals surface area (Å²) in [5, 5.41) is 0. The Bertz CT molecular complexity index is 669. The largest absolute Gasteiger partial charge is 0.269 e. The van der Waals surface area contributed by atoms with Crippen LogP contribution in [-0.4, -0.2) is 11.8 Å². The first-order chi connectivity index (χ1) is 10.2. The van der Waals surface area contributed by atoms with Crippen LogP contribution in [0.15, 0.2) is 60.7 Å². The molecular formula is C16H13FN2O2. The monoisotopic (exact) mass is 284 g/mol. The molecule has 2 rings (SSSR count). The Hall–Kier alpha value is -2.95. The second-order valence-electron chi connectivity index (χ2n) is 4.16. The molecule has 0 unspecified atom stereocenters. The maximum Gasteiger partial charge on any atom is 0.269 e. The first-order valence-corrected chi connectivity index (χ1v) is 6.25. The van der Waals surface area contributed by atoms with Crippen LogP contribution in [0.25, 0.3) is 6.08 Å². The first kappa shape index (κ1) is 14.5. The van der Waals surface area contributed by atoms with Crippen LogP contribution in [0.3, 0.4) is 0 Å². The minimum atomic E-state index is -0.553. The van der Waals surface area contributed by atoms with Gasteiger partial charge in [0.15, 0.2) is 0 Å². The molecule has 0 radical (unpaired) electrons. The minimum absolute atomic E-state index is 0.294. The summed E-state index contributed by atoms with van der Waals surface area (Å²) in [6.45, 7) is 0. The van der Waals surface area contributed by atoms with E-state index in [0.717, 1.165) is 6.08 Å². The zero-order valence-electron chi connectivity index (χ0n) is 11.0. The highest BCUT2D eigenvalue weighted by molar-refractivity contribution is 5.97. The van der Waals surface area contributed by atoms with Gasteiger partial charge in [0.1, 0.15) is 5.82 Å². The van der Waals surface area contributed by atoms with Crippen molar-refractivity contribution < 1.29 is 14.0 Å². The number of nitrogens with one attached hydrogen (secondary N) is 2. The van der Waals surface area contributed by atoms with Gasteiger partial charge >= 0.3 is 0 Å². The zero-order chi connectivity index (χ0) is 15.1. The molecule has 2 aromatic carbocycles. The molecule has 0 aliphatic carbocycles. The topological polar surface area (TPSA) is 58.2 Å². The van der Waals surface area contributed by atoms with Crippen molar-refractivity contribution in [3.63, 3.8) is 0 Å². The van der Waals surface area contributed by atoms with Crippen molar-refractivity contribution in [3.05, 3.63) is 77.6 Å². The van der Waals surface area contributed by atoms with Crippen LogP contribution in [0, 0.1) is 5.82 Å². The number of halogens is 1. The van der Waals surface area contributed by atoms with Crippen LogP contribution in [0.1, 0.15) is 15.9 Å².